The van der Waals surface area contributed by atoms with E-state index >= 15 is 0 Å². The quantitative estimate of drug-likeness (QED) is 0.372. The number of carbonyl (C=O) groups excluding carboxylic acids is 1. The zero-order valence-electron chi connectivity index (χ0n) is 18.2. The zero-order valence-corrected chi connectivity index (χ0v) is 18.9. The van der Waals surface area contributed by atoms with Crippen LogP contribution in [-0.4, -0.2) is 19.1 Å². The van der Waals surface area contributed by atoms with E-state index in [9.17, 15) is 9.59 Å². The number of aryl methyl sites for hydroxylation is 1. The van der Waals surface area contributed by atoms with E-state index in [1.807, 2.05) is 19.9 Å². The number of benzene rings is 3. The predicted octanol–water partition coefficient (Wildman–Crippen LogP) is 5.84. The van der Waals surface area contributed by atoms with Crippen molar-refractivity contribution in [2.45, 2.75) is 13.8 Å². The lowest BCUT2D eigenvalue weighted by Crippen LogP contribution is -2.22. The maximum absolute atomic E-state index is 13.2. The SMILES string of the molecule is CCOc1ccc(NC(=O)COc2c(-c3ccc(Cl)cc3)oc3cc(C)ccc3c2=O)cc1. The minimum atomic E-state index is -0.412. The van der Waals surface area contributed by atoms with Gasteiger partial charge in [-0.25, -0.2) is 0 Å². The van der Waals surface area contributed by atoms with E-state index in [1.54, 1.807) is 60.7 Å². The first-order valence-electron chi connectivity index (χ1n) is 10.4. The lowest BCUT2D eigenvalue weighted by Gasteiger charge is -2.12. The number of halogens is 1. The summed E-state index contributed by atoms with van der Waals surface area (Å²) in [6.45, 7) is 4.01. The Morgan fingerprint density at radius 2 is 1.73 bits per heavy atom. The molecular formula is C26H22ClNO5. The predicted molar refractivity (Wildman–Crippen MR) is 129 cm³/mol. The molecule has 1 heterocycles. The molecule has 0 unspecified atom stereocenters. The largest absolute Gasteiger partial charge is 0.494 e. The molecule has 4 aromatic rings. The monoisotopic (exact) mass is 463 g/mol. The molecule has 0 radical (unpaired) electrons. The van der Waals surface area contributed by atoms with Gasteiger partial charge in [-0.15, -0.1) is 0 Å². The van der Waals surface area contributed by atoms with E-state index in [0.717, 1.165) is 5.56 Å². The Morgan fingerprint density at radius 3 is 2.42 bits per heavy atom. The van der Waals surface area contributed by atoms with E-state index in [4.69, 9.17) is 25.5 Å². The van der Waals surface area contributed by atoms with E-state index in [2.05, 4.69) is 5.32 Å². The summed E-state index contributed by atoms with van der Waals surface area (Å²) in [5, 5.41) is 3.67. The number of hydrogen-bond acceptors (Lipinski definition) is 5. The smallest absolute Gasteiger partial charge is 0.262 e. The average Bonchev–Trinajstić information content (AvgIpc) is 2.80. The number of fused-ring (bicyclic) bond motifs is 1. The zero-order chi connectivity index (χ0) is 23.4. The van der Waals surface area contributed by atoms with Gasteiger partial charge in [0.25, 0.3) is 5.91 Å². The third-order valence-corrected chi connectivity index (χ3v) is 5.16. The van der Waals surface area contributed by atoms with E-state index in [0.29, 0.717) is 39.6 Å². The van der Waals surface area contributed by atoms with Crippen molar-refractivity contribution in [2.24, 2.45) is 0 Å². The highest BCUT2D eigenvalue weighted by Crippen LogP contribution is 2.32. The summed E-state index contributed by atoms with van der Waals surface area (Å²) in [4.78, 5) is 25.7. The summed E-state index contributed by atoms with van der Waals surface area (Å²) < 4.78 is 17.2. The number of rotatable bonds is 7. The minimum Gasteiger partial charge on any atom is -0.494 e. The highest BCUT2D eigenvalue weighted by Gasteiger charge is 2.19. The molecule has 0 aliphatic heterocycles. The molecule has 168 valence electrons. The highest BCUT2D eigenvalue weighted by molar-refractivity contribution is 6.30. The van der Waals surface area contributed by atoms with Crippen molar-refractivity contribution in [3.05, 3.63) is 87.5 Å². The van der Waals surface area contributed by atoms with Crippen molar-refractivity contribution in [2.75, 3.05) is 18.5 Å². The normalized spacial score (nSPS) is 10.8. The van der Waals surface area contributed by atoms with Gasteiger partial charge in [-0.3, -0.25) is 9.59 Å². The molecule has 0 atom stereocenters. The minimum absolute atomic E-state index is 0.0319. The first-order valence-corrected chi connectivity index (χ1v) is 10.8. The van der Waals surface area contributed by atoms with Gasteiger partial charge >= 0.3 is 0 Å². The molecule has 0 aliphatic rings. The van der Waals surface area contributed by atoms with Crippen molar-refractivity contribution >= 4 is 34.2 Å². The van der Waals surface area contributed by atoms with Crippen LogP contribution < -0.4 is 20.2 Å². The van der Waals surface area contributed by atoms with Crippen LogP contribution in [0.5, 0.6) is 11.5 Å². The van der Waals surface area contributed by atoms with Crippen molar-refractivity contribution in [3.63, 3.8) is 0 Å². The molecule has 0 aliphatic carbocycles. The summed E-state index contributed by atoms with van der Waals surface area (Å²) in [7, 11) is 0. The van der Waals surface area contributed by atoms with Crippen LogP contribution in [-0.2, 0) is 4.79 Å². The van der Waals surface area contributed by atoms with Crippen molar-refractivity contribution in [1.82, 2.24) is 0 Å². The van der Waals surface area contributed by atoms with Gasteiger partial charge < -0.3 is 19.2 Å². The number of carbonyl (C=O) groups is 1. The second kappa shape index (κ2) is 9.79. The Morgan fingerprint density at radius 1 is 1.00 bits per heavy atom. The average molecular weight is 464 g/mol. The molecular weight excluding hydrogens is 442 g/mol. The Balaban J connectivity index is 1.61. The van der Waals surface area contributed by atoms with E-state index in [1.165, 1.54) is 0 Å². The summed E-state index contributed by atoms with van der Waals surface area (Å²) in [6.07, 6.45) is 0. The van der Waals surface area contributed by atoms with Gasteiger partial charge in [-0.05, 0) is 80.1 Å². The Hall–Kier alpha value is -3.77. The van der Waals surface area contributed by atoms with Crippen molar-refractivity contribution in [3.8, 4) is 22.8 Å². The van der Waals surface area contributed by atoms with Crippen LogP contribution in [0.4, 0.5) is 5.69 Å². The molecule has 0 fully saturated rings. The molecule has 0 bridgehead atoms. The van der Waals surface area contributed by atoms with Crippen LogP contribution in [0.3, 0.4) is 0 Å². The summed E-state index contributed by atoms with van der Waals surface area (Å²) in [5.74, 6) is 0.507. The molecule has 3 aromatic carbocycles. The maximum atomic E-state index is 13.2. The van der Waals surface area contributed by atoms with Crippen LogP contribution in [0.1, 0.15) is 12.5 Å². The fourth-order valence-corrected chi connectivity index (χ4v) is 3.47. The summed E-state index contributed by atoms with van der Waals surface area (Å²) in [6, 6.07) is 19.1. The molecule has 1 amide bonds. The summed E-state index contributed by atoms with van der Waals surface area (Å²) in [5.41, 5.74) is 2.25. The fraction of sp³-hybridized carbons (Fsp3) is 0.154. The first kappa shape index (κ1) is 22.4. The second-order valence-corrected chi connectivity index (χ2v) is 7.83. The van der Waals surface area contributed by atoms with Gasteiger partial charge in [-0.2, -0.15) is 0 Å². The van der Waals surface area contributed by atoms with Crippen molar-refractivity contribution in [1.29, 1.82) is 0 Å². The Bertz CT molecular complexity index is 1340. The van der Waals surface area contributed by atoms with Crippen LogP contribution in [0.2, 0.25) is 5.02 Å². The molecule has 7 heteroatoms. The van der Waals surface area contributed by atoms with Crippen LogP contribution in [0.15, 0.2) is 75.9 Å². The molecule has 1 N–H and O–H groups in total. The highest BCUT2D eigenvalue weighted by atomic mass is 35.5. The molecule has 0 saturated heterocycles. The van der Waals surface area contributed by atoms with Gasteiger partial charge in [0.2, 0.25) is 11.2 Å². The standard InChI is InChI=1S/C26H22ClNO5/c1-3-31-20-11-9-19(10-12-20)28-23(29)15-32-26-24(30)21-13-4-16(2)14-22(21)33-25(26)17-5-7-18(27)8-6-17/h4-14H,3,15H2,1-2H3,(H,28,29). The van der Waals surface area contributed by atoms with Gasteiger partial charge in [0.1, 0.15) is 11.3 Å². The molecule has 0 saturated carbocycles. The van der Waals surface area contributed by atoms with Gasteiger partial charge in [0.15, 0.2) is 12.4 Å². The second-order valence-electron chi connectivity index (χ2n) is 7.39. The Labute approximate surface area is 195 Å². The third kappa shape index (κ3) is 5.18. The summed E-state index contributed by atoms with van der Waals surface area (Å²) >= 11 is 6.01. The molecule has 1 aromatic heterocycles. The number of amides is 1. The van der Waals surface area contributed by atoms with E-state index in [-0.39, 0.29) is 23.5 Å². The van der Waals surface area contributed by atoms with Gasteiger partial charge in [-0.1, -0.05) is 17.7 Å². The van der Waals surface area contributed by atoms with Gasteiger partial charge in [0.05, 0.1) is 12.0 Å². The molecule has 6 nitrogen and oxygen atoms in total. The lowest BCUT2D eigenvalue weighted by atomic mass is 10.1. The van der Waals surface area contributed by atoms with E-state index < -0.39 is 5.91 Å². The van der Waals surface area contributed by atoms with Crippen LogP contribution in [0, 0.1) is 6.92 Å². The van der Waals surface area contributed by atoms with Crippen LogP contribution >= 0.6 is 11.6 Å². The number of hydrogen-bond donors (Lipinski definition) is 1. The number of anilines is 1. The fourth-order valence-electron chi connectivity index (χ4n) is 3.34. The molecule has 0 spiro atoms. The number of nitrogens with one attached hydrogen (secondary N) is 1. The lowest BCUT2D eigenvalue weighted by molar-refractivity contribution is -0.118. The third-order valence-electron chi connectivity index (χ3n) is 4.91. The molecule has 4 rings (SSSR count). The topological polar surface area (TPSA) is 77.8 Å². The first-order chi connectivity index (χ1) is 15.9. The maximum Gasteiger partial charge on any atom is 0.262 e. The van der Waals surface area contributed by atoms with Gasteiger partial charge in [0, 0.05) is 16.3 Å². The molecule has 33 heavy (non-hydrogen) atoms. The van der Waals surface area contributed by atoms with Crippen LogP contribution in [0.25, 0.3) is 22.3 Å². The van der Waals surface area contributed by atoms with Crippen molar-refractivity contribution < 1.29 is 18.7 Å². The Kier molecular flexibility index (Phi) is 6.66. The number of ether oxygens (including phenoxy) is 2.